The Labute approximate surface area is 167 Å². The summed E-state index contributed by atoms with van der Waals surface area (Å²) in [4.78, 5) is 25.3. The molecule has 0 fully saturated rings. The molecule has 0 aliphatic heterocycles. The third kappa shape index (κ3) is 4.99. The molecule has 5 nitrogen and oxygen atoms in total. The zero-order valence-electron chi connectivity index (χ0n) is 14.7. The van der Waals surface area contributed by atoms with E-state index in [2.05, 4.69) is 10.6 Å². The number of nitrogens with one attached hydrogen (secondary N) is 2. The van der Waals surface area contributed by atoms with Gasteiger partial charge in [0.2, 0.25) is 0 Å². The van der Waals surface area contributed by atoms with Crippen LogP contribution in [0.2, 0.25) is 5.02 Å². The Morgan fingerprint density at radius 2 is 1.61 bits per heavy atom. The first-order chi connectivity index (χ1) is 13.5. The highest BCUT2D eigenvalue weighted by atomic mass is 35.5. The predicted octanol–water partition coefficient (Wildman–Crippen LogP) is 4.46. The lowest BCUT2D eigenvalue weighted by Crippen LogP contribution is -2.30. The van der Waals surface area contributed by atoms with Crippen LogP contribution in [0.15, 0.2) is 84.6 Å². The molecule has 0 saturated heterocycles. The topological polar surface area (TPSA) is 78.4 Å². The molecule has 2 amide bonds. The van der Waals surface area contributed by atoms with Gasteiger partial charge in [-0.25, -0.2) is 0 Å². The number of anilines is 1. The minimum atomic E-state index is -0.546. The van der Waals surface area contributed by atoms with Crippen LogP contribution in [0, 0.1) is 0 Å². The van der Waals surface area contributed by atoms with E-state index in [4.69, 9.17) is 11.6 Å². The maximum Gasteiger partial charge on any atom is 0.272 e. The van der Waals surface area contributed by atoms with Gasteiger partial charge in [0.25, 0.3) is 11.8 Å². The molecule has 3 aromatic rings. The summed E-state index contributed by atoms with van der Waals surface area (Å²) in [6, 6.07) is 21.7. The monoisotopic (exact) mass is 392 g/mol. The molecule has 0 saturated carbocycles. The van der Waals surface area contributed by atoms with E-state index in [0.29, 0.717) is 21.8 Å². The van der Waals surface area contributed by atoms with Crippen molar-refractivity contribution in [3.05, 3.63) is 101 Å². The summed E-state index contributed by atoms with van der Waals surface area (Å²) in [5, 5.41) is 15.3. The van der Waals surface area contributed by atoms with Gasteiger partial charge in [0.1, 0.15) is 11.4 Å². The molecule has 28 heavy (non-hydrogen) atoms. The summed E-state index contributed by atoms with van der Waals surface area (Å²) in [7, 11) is 0. The van der Waals surface area contributed by atoms with Gasteiger partial charge in [-0.05, 0) is 42.0 Å². The van der Waals surface area contributed by atoms with E-state index in [0.717, 1.165) is 0 Å². The fourth-order valence-corrected chi connectivity index (χ4v) is 2.66. The van der Waals surface area contributed by atoms with Crippen LogP contribution in [0.1, 0.15) is 15.9 Å². The Bertz CT molecular complexity index is 1030. The van der Waals surface area contributed by atoms with Gasteiger partial charge in [0.05, 0.1) is 0 Å². The number of hydrogen-bond donors (Lipinski definition) is 3. The van der Waals surface area contributed by atoms with Crippen molar-refractivity contribution in [1.82, 2.24) is 5.32 Å². The Hall–Kier alpha value is -3.57. The summed E-state index contributed by atoms with van der Waals surface area (Å²) in [5.41, 5.74) is 1.41. The molecule has 3 rings (SSSR count). The van der Waals surface area contributed by atoms with E-state index < -0.39 is 11.8 Å². The first-order valence-electron chi connectivity index (χ1n) is 8.46. The average molecular weight is 393 g/mol. The molecule has 6 heteroatoms. The fraction of sp³-hybridized carbons (Fsp3) is 0. The van der Waals surface area contributed by atoms with E-state index >= 15 is 0 Å². The number of hydrogen-bond acceptors (Lipinski definition) is 3. The first-order valence-corrected chi connectivity index (χ1v) is 8.84. The number of phenols is 1. The Kier molecular flexibility index (Phi) is 6.09. The lowest BCUT2D eigenvalue weighted by atomic mass is 10.1. The largest absolute Gasteiger partial charge is 0.508 e. The van der Waals surface area contributed by atoms with E-state index in [9.17, 15) is 14.7 Å². The number of rotatable bonds is 5. The number of aromatic hydroxyl groups is 1. The quantitative estimate of drug-likeness (QED) is 0.561. The van der Waals surface area contributed by atoms with Gasteiger partial charge < -0.3 is 15.7 Å². The molecule has 3 aromatic carbocycles. The molecule has 0 spiro atoms. The van der Waals surface area contributed by atoms with Gasteiger partial charge in [0.15, 0.2) is 0 Å². The maximum absolute atomic E-state index is 12.8. The molecular formula is C22H17ClN2O3. The number of phenolic OH excluding ortho intramolecular Hbond substituents is 1. The number of carbonyl (C=O) groups is 2. The van der Waals surface area contributed by atoms with Crippen LogP contribution in [0.25, 0.3) is 6.08 Å². The first kappa shape index (κ1) is 19.2. The van der Waals surface area contributed by atoms with Crippen LogP contribution >= 0.6 is 11.6 Å². The highest BCUT2D eigenvalue weighted by molar-refractivity contribution is 6.32. The highest BCUT2D eigenvalue weighted by Crippen LogP contribution is 2.20. The highest BCUT2D eigenvalue weighted by Gasteiger charge is 2.15. The third-order valence-corrected chi connectivity index (χ3v) is 4.18. The van der Waals surface area contributed by atoms with Crippen LogP contribution < -0.4 is 10.6 Å². The summed E-state index contributed by atoms with van der Waals surface area (Å²) in [5.74, 6) is -0.956. The Morgan fingerprint density at radius 3 is 2.32 bits per heavy atom. The minimum Gasteiger partial charge on any atom is -0.508 e. The van der Waals surface area contributed by atoms with Crippen molar-refractivity contribution in [1.29, 1.82) is 0 Å². The molecule has 3 N–H and O–H groups in total. The molecule has 0 unspecified atom stereocenters. The van der Waals surface area contributed by atoms with E-state index in [-0.39, 0.29) is 11.4 Å². The van der Waals surface area contributed by atoms with Crippen molar-refractivity contribution < 1.29 is 14.7 Å². The second-order valence-electron chi connectivity index (χ2n) is 5.90. The summed E-state index contributed by atoms with van der Waals surface area (Å²) < 4.78 is 0. The Balaban J connectivity index is 1.91. The van der Waals surface area contributed by atoms with Crippen molar-refractivity contribution in [3.63, 3.8) is 0 Å². The van der Waals surface area contributed by atoms with Crippen molar-refractivity contribution in [3.8, 4) is 5.75 Å². The van der Waals surface area contributed by atoms with Gasteiger partial charge in [-0.1, -0.05) is 54.1 Å². The van der Waals surface area contributed by atoms with Crippen molar-refractivity contribution in [2.75, 3.05) is 5.32 Å². The van der Waals surface area contributed by atoms with Crippen LogP contribution in [0.4, 0.5) is 5.69 Å². The third-order valence-electron chi connectivity index (χ3n) is 3.84. The zero-order chi connectivity index (χ0) is 19.9. The van der Waals surface area contributed by atoms with Gasteiger partial charge in [-0.2, -0.15) is 0 Å². The van der Waals surface area contributed by atoms with Crippen LogP contribution in [-0.4, -0.2) is 16.9 Å². The standard InChI is InChI=1S/C22H17ClN2O3/c23-19-12-5-4-9-16(19)13-20(25-21(27)15-7-2-1-3-8-15)22(28)24-17-10-6-11-18(26)14-17/h1-14,26H,(H,24,28)(H,25,27)/b20-13+. The second-order valence-corrected chi connectivity index (χ2v) is 6.31. The van der Waals surface area contributed by atoms with Gasteiger partial charge in [0, 0.05) is 22.3 Å². The maximum atomic E-state index is 12.8. The molecule has 0 heterocycles. The predicted molar refractivity (Wildman–Crippen MR) is 110 cm³/mol. The summed E-state index contributed by atoms with van der Waals surface area (Å²) in [6.07, 6.45) is 1.50. The van der Waals surface area contributed by atoms with Crippen LogP contribution in [0.3, 0.4) is 0 Å². The number of benzene rings is 3. The molecule has 0 bridgehead atoms. The van der Waals surface area contributed by atoms with Crippen LogP contribution in [-0.2, 0) is 4.79 Å². The zero-order valence-corrected chi connectivity index (χ0v) is 15.5. The average Bonchev–Trinajstić information content (AvgIpc) is 2.69. The molecule has 0 aromatic heterocycles. The molecule has 0 radical (unpaired) electrons. The smallest absolute Gasteiger partial charge is 0.272 e. The van der Waals surface area contributed by atoms with E-state index in [1.54, 1.807) is 66.7 Å². The molecule has 0 aliphatic carbocycles. The molecule has 0 aliphatic rings. The van der Waals surface area contributed by atoms with Gasteiger partial charge >= 0.3 is 0 Å². The molecule has 0 atom stereocenters. The fourth-order valence-electron chi connectivity index (χ4n) is 2.47. The second kappa shape index (κ2) is 8.88. The van der Waals surface area contributed by atoms with Crippen LogP contribution in [0.5, 0.6) is 5.75 Å². The number of amides is 2. The SMILES string of the molecule is O=C(Nc1cccc(O)c1)/C(=C\c1ccccc1Cl)NC(=O)c1ccccc1. The molecule has 140 valence electrons. The minimum absolute atomic E-state index is 0.0164. The number of carbonyl (C=O) groups excluding carboxylic acids is 2. The Morgan fingerprint density at radius 1 is 0.893 bits per heavy atom. The number of halogens is 1. The van der Waals surface area contributed by atoms with Crippen molar-refractivity contribution >= 4 is 35.2 Å². The normalized spacial score (nSPS) is 11.0. The van der Waals surface area contributed by atoms with Gasteiger partial charge in [-0.3, -0.25) is 9.59 Å². The molecular weight excluding hydrogens is 376 g/mol. The van der Waals surface area contributed by atoms with E-state index in [1.807, 2.05) is 0 Å². The van der Waals surface area contributed by atoms with Gasteiger partial charge in [-0.15, -0.1) is 0 Å². The summed E-state index contributed by atoms with van der Waals surface area (Å²) in [6.45, 7) is 0. The summed E-state index contributed by atoms with van der Waals surface area (Å²) >= 11 is 6.19. The van der Waals surface area contributed by atoms with E-state index in [1.165, 1.54) is 18.2 Å². The lowest BCUT2D eigenvalue weighted by Gasteiger charge is -2.12. The van der Waals surface area contributed by atoms with Crippen molar-refractivity contribution in [2.24, 2.45) is 0 Å². The van der Waals surface area contributed by atoms with Crippen molar-refractivity contribution in [2.45, 2.75) is 0 Å². The lowest BCUT2D eigenvalue weighted by molar-refractivity contribution is -0.113.